The summed E-state index contributed by atoms with van der Waals surface area (Å²) in [6, 6.07) is 13.1. The third-order valence-corrected chi connectivity index (χ3v) is 7.92. The fourth-order valence-corrected chi connectivity index (χ4v) is 4.84. The van der Waals surface area contributed by atoms with Gasteiger partial charge in [0.15, 0.2) is 0 Å². The van der Waals surface area contributed by atoms with Crippen molar-refractivity contribution in [1.29, 1.82) is 0 Å². The summed E-state index contributed by atoms with van der Waals surface area (Å²) in [6.45, 7) is 0.585. The molecule has 0 N–H and O–H groups in total. The summed E-state index contributed by atoms with van der Waals surface area (Å²) < 4.78 is 33.2. The van der Waals surface area contributed by atoms with Gasteiger partial charge >= 0.3 is 0 Å². The lowest BCUT2D eigenvalue weighted by Gasteiger charge is -2.22. The van der Waals surface area contributed by atoms with Gasteiger partial charge in [0.2, 0.25) is 15.9 Å². The lowest BCUT2D eigenvalue weighted by atomic mass is 10.2. The number of nitrogens with zero attached hydrogens (tertiary/aromatic N) is 4. The van der Waals surface area contributed by atoms with Crippen LogP contribution in [0.25, 0.3) is 11.0 Å². The maximum absolute atomic E-state index is 13.1. The van der Waals surface area contributed by atoms with Gasteiger partial charge in [-0.25, -0.2) is 17.7 Å². The molecule has 4 rings (SSSR count). The van der Waals surface area contributed by atoms with Crippen LogP contribution in [0, 0.1) is 0 Å². The Bertz CT molecular complexity index is 1260. The van der Waals surface area contributed by atoms with E-state index in [-0.39, 0.29) is 10.8 Å². The average molecular weight is 471 g/mol. The van der Waals surface area contributed by atoms with Gasteiger partial charge in [0.1, 0.15) is 11.6 Å². The number of amides is 1. The van der Waals surface area contributed by atoms with Gasteiger partial charge in [0.25, 0.3) is 0 Å². The Labute approximate surface area is 194 Å². The standard InChI is InChI=1S/C24H30N4O4S/c1-26(2)33(30,31)20-11-12-22-21(15-20)25-23(27(22)3)13-14-24(29)28(18-7-8-18)16-17-5-9-19(32-4)10-6-17/h5-6,9-12,15,18H,7-8,13-14,16H2,1-4H3. The van der Waals surface area contributed by atoms with Gasteiger partial charge in [-0.05, 0) is 48.7 Å². The van der Waals surface area contributed by atoms with Gasteiger partial charge in [0, 0.05) is 46.6 Å². The van der Waals surface area contributed by atoms with Crippen LogP contribution < -0.4 is 4.74 Å². The molecule has 0 aliphatic heterocycles. The number of hydrogen-bond donors (Lipinski definition) is 0. The van der Waals surface area contributed by atoms with Gasteiger partial charge in [-0.3, -0.25) is 4.79 Å². The highest BCUT2D eigenvalue weighted by Gasteiger charge is 2.32. The third-order valence-electron chi connectivity index (χ3n) is 6.11. The molecule has 1 saturated carbocycles. The summed E-state index contributed by atoms with van der Waals surface area (Å²) >= 11 is 0. The van der Waals surface area contributed by atoms with Crippen LogP contribution in [0.3, 0.4) is 0 Å². The van der Waals surface area contributed by atoms with Gasteiger partial charge in [-0.15, -0.1) is 0 Å². The van der Waals surface area contributed by atoms with E-state index in [1.54, 1.807) is 25.3 Å². The zero-order valence-corrected chi connectivity index (χ0v) is 20.3. The predicted octanol–water partition coefficient (Wildman–Crippen LogP) is 2.96. The minimum Gasteiger partial charge on any atom is -0.497 e. The lowest BCUT2D eigenvalue weighted by molar-refractivity contribution is -0.132. The van der Waals surface area contributed by atoms with Crippen LogP contribution in [0.1, 0.15) is 30.7 Å². The molecule has 1 aromatic heterocycles. The predicted molar refractivity (Wildman–Crippen MR) is 126 cm³/mol. The van der Waals surface area contributed by atoms with Crippen molar-refractivity contribution in [2.75, 3.05) is 21.2 Å². The molecule has 9 heteroatoms. The van der Waals surface area contributed by atoms with Crippen LogP contribution in [-0.4, -0.2) is 60.3 Å². The molecule has 0 atom stereocenters. The monoisotopic (exact) mass is 470 g/mol. The molecule has 0 saturated heterocycles. The molecular weight excluding hydrogens is 440 g/mol. The molecule has 1 aliphatic carbocycles. The molecule has 0 radical (unpaired) electrons. The molecule has 1 heterocycles. The van der Waals surface area contributed by atoms with Crippen molar-refractivity contribution in [3.05, 3.63) is 53.9 Å². The number of aryl methyl sites for hydroxylation is 2. The number of aromatic nitrogens is 2. The molecular formula is C24H30N4O4S. The topological polar surface area (TPSA) is 84.7 Å². The van der Waals surface area contributed by atoms with Crippen LogP contribution in [-0.2, 0) is 34.8 Å². The number of benzene rings is 2. The first kappa shape index (κ1) is 23.3. The Morgan fingerprint density at radius 1 is 1.15 bits per heavy atom. The number of rotatable bonds is 9. The molecule has 1 fully saturated rings. The Morgan fingerprint density at radius 2 is 1.85 bits per heavy atom. The Kier molecular flexibility index (Phi) is 6.45. The quantitative estimate of drug-likeness (QED) is 0.480. The third kappa shape index (κ3) is 4.89. The molecule has 0 unspecified atom stereocenters. The minimum absolute atomic E-state index is 0.108. The van der Waals surface area contributed by atoms with Gasteiger partial charge in [-0.1, -0.05) is 12.1 Å². The van der Waals surface area contributed by atoms with Crippen molar-refractivity contribution < 1.29 is 17.9 Å². The van der Waals surface area contributed by atoms with E-state index >= 15 is 0 Å². The first-order valence-electron chi connectivity index (χ1n) is 11.0. The van der Waals surface area contributed by atoms with Crippen LogP contribution in [0.2, 0.25) is 0 Å². The first-order valence-corrected chi connectivity index (χ1v) is 12.4. The van der Waals surface area contributed by atoms with Crippen LogP contribution in [0.4, 0.5) is 0 Å². The van der Waals surface area contributed by atoms with Crippen molar-refractivity contribution in [2.45, 2.75) is 43.2 Å². The second kappa shape index (κ2) is 9.15. The fourth-order valence-electron chi connectivity index (χ4n) is 3.92. The zero-order chi connectivity index (χ0) is 23.8. The van der Waals surface area contributed by atoms with Crippen molar-refractivity contribution >= 4 is 27.0 Å². The maximum Gasteiger partial charge on any atom is 0.242 e. The molecule has 33 heavy (non-hydrogen) atoms. The largest absolute Gasteiger partial charge is 0.497 e. The molecule has 3 aromatic rings. The van der Waals surface area contributed by atoms with E-state index in [1.165, 1.54) is 18.4 Å². The van der Waals surface area contributed by atoms with E-state index in [2.05, 4.69) is 4.98 Å². The van der Waals surface area contributed by atoms with E-state index in [9.17, 15) is 13.2 Å². The number of fused-ring (bicyclic) bond motifs is 1. The summed E-state index contributed by atoms with van der Waals surface area (Å²) in [7, 11) is 3.01. The normalized spacial score (nSPS) is 14.1. The maximum atomic E-state index is 13.1. The lowest BCUT2D eigenvalue weighted by Crippen LogP contribution is -2.32. The zero-order valence-electron chi connectivity index (χ0n) is 19.5. The van der Waals surface area contributed by atoms with E-state index < -0.39 is 10.0 Å². The number of carbonyl (C=O) groups is 1. The second-order valence-electron chi connectivity index (χ2n) is 8.63. The van der Waals surface area contributed by atoms with Crippen LogP contribution in [0.15, 0.2) is 47.4 Å². The Morgan fingerprint density at radius 3 is 2.45 bits per heavy atom. The van der Waals surface area contributed by atoms with Crippen LogP contribution in [0.5, 0.6) is 5.75 Å². The number of hydrogen-bond acceptors (Lipinski definition) is 5. The summed E-state index contributed by atoms with van der Waals surface area (Å²) in [5.41, 5.74) is 2.53. The van der Waals surface area contributed by atoms with Gasteiger partial charge < -0.3 is 14.2 Å². The summed E-state index contributed by atoms with van der Waals surface area (Å²) in [5.74, 6) is 1.67. The number of ether oxygens (including phenoxy) is 1. The molecule has 176 valence electrons. The highest BCUT2D eigenvalue weighted by molar-refractivity contribution is 7.89. The molecule has 1 amide bonds. The van der Waals surface area contributed by atoms with Crippen molar-refractivity contribution in [2.24, 2.45) is 7.05 Å². The summed E-state index contributed by atoms with van der Waals surface area (Å²) in [6.07, 6.45) is 2.92. The van der Waals surface area contributed by atoms with E-state index in [1.807, 2.05) is 40.8 Å². The van der Waals surface area contributed by atoms with Gasteiger partial charge in [-0.2, -0.15) is 0 Å². The van der Waals surface area contributed by atoms with Crippen molar-refractivity contribution in [3.63, 3.8) is 0 Å². The van der Waals surface area contributed by atoms with E-state index in [0.29, 0.717) is 30.9 Å². The summed E-state index contributed by atoms with van der Waals surface area (Å²) in [5, 5.41) is 0. The molecule has 1 aliphatic rings. The Balaban J connectivity index is 1.48. The number of carbonyl (C=O) groups excluding carboxylic acids is 1. The smallest absolute Gasteiger partial charge is 0.242 e. The second-order valence-corrected chi connectivity index (χ2v) is 10.8. The average Bonchev–Trinajstić information content (AvgIpc) is 3.60. The SMILES string of the molecule is COc1ccc(CN(C(=O)CCc2nc3cc(S(=O)(=O)N(C)C)ccc3n2C)C2CC2)cc1. The van der Waals surface area contributed by atoms with Gasteiger partial charge in [0.05, 0.1) is 23.0 Å². The first-order chi connectivity index (χ1) is 15.7. The minimum atomic E-state index is -3.53. The fraction of sp³-hybridized carbons (Fsp3) is 0.417. The highest BCUT2D eigenvalue weighted by atomic mass is 32.2. The van der Waals surface area contributed by atoms with Crippen molar-refractivity contribution in [1.82, 2.24) is 18.8 Å². The number of sulfonamides is 1. The number of methoxy groups -OCH3 is 1. The van der Waals surface area contributed by atoms with Crippen LogP contribution >= 0.6 is 0 Å². The summed E-state index contributed by atoms with van der Waals surface area (Å²) in [4.78, 5) is 19.9. The van der Waals surface area contributed by atoms with E-state index in [0.717, 1.165) is 35.5 Å². The molecule has 0 bridgehead atoms. The van der Waals surface area contributed by atoms with Crippen molar-refractivity contribution in [3.8, 4) is 5.75 Å². The molecule has 0 spiro atoms. The molecule has 8 nitrogen and oxygen atoms in total. The molecule has 2 aromatic carbocycles. The highest BCUT2D eigenvalue weighted by Crippen LogP contribution is 2.30. The van der Waals surface area contributed by atoms with E-state index in [4.69, 9.17) is 4.74 Å². The Hall–Kier alpha value is -2.91. The number of imidazole rings is 1.